The van der Waals surface area contributed by atoms with Crippen molar-refractivity contribution in [3.05, 3.63) is 24.5 Å². The van der Waals surface area contributed by atoms with Gasteiger partial charge in [-0.1, -0.05) is 12.8 Å². The molecule has 2 heterocycles. The van der Waals surface area contributed by atoms with Gasteiger partial charge in [0.2, 0.25) is 11.8 Å². The molecule has 1 saturated carbocycles. The zero-order valence-electron chi connectivity index (χ0n) is 14.1. The standard InChI is InChI=1S/C18H25N3O3/c1-19-18(23)16-10-15(24-14-7-4-8-20-11-14)12-21(16)17(22)9-13-5-2-3-6-13/h4,7-8,11,13,15-16H,2-3,5-6,9-10,12H2,1H3,(H,19,23)/t15-,16-/m0/s1. The van der Waals surface area contributed by atoms with Gasteiger partial charge in [0.05, 0.1) is 12.7 Å². The highest BCUT2D eigenvalue weighted by Crippen LogP contribution is 2.30. The van der Waals surface area contributed by atoms with E-state index < -0.39 is 6.04 Å². The van der Waals surface area contributed by atoms with Crippen molar-refractivity contribution in [2.75, 3.05) is 13.6 Å². The minimum Gasteiger partial charge on any atom is -0.487 e. The molecule has 2 aliphatic rings. The van der Waals surface area contributed by atoms with Crippen molar-refractivity contribution in [1.29, 1.82) is 0 Å². The number of nitrogens with one attached hydrogen (secondary N) is 1. The number of ether oxygens (including phenoxy) is 1. The maximum Gasteiger partial charge on any atom is 0.242 e. The molecular formula is C18H25N3O3. The second-order valence-electron chi connectivity index (χ2n) is 6.70. The maximum atomic E-state index is 12.7. The summed E-state index contributed by atoms with van der Waals surface area (Å²) in [7, 11) is 1.61. The van der Waals surface area contributed by atoms with E-state index in [1.54, 1.807) is 24.3 Å². The highest BCUT2D eigenvalue weighted by Gasteiger charge is 2.40. The van der Waals surface area contributed by atoms with Gasteiger partial charge in [-0.05, 0) is 30.9 Å². The van der Waals surface area contributed by atoms with Crippen LogP contribution in [0.25, 0.3) is 0 Å². The first-order valence-corrected chi connectivity index (χ1v) is 8.75. The summed E-state index contributed by atoms with van der Waals surface area (Å²) in [6.07, 6.45) is 8.90. The Balaban J connectivity index is 1.65. The molecule has 0 spiro atoms. The molecule has 1 aliphatic carbocycles. The van der Waals surface area contributed by atoms with Crippen LogP contribution < -0.4 is 10.1 Å². The molecule has 0 aromatic carbocycles. The normalized spacial score (nSPS) is 24.1. The van der Waals surface area contributed by atoms with Crippen molar-refractivity contribution in [2.24, 2.45) is 5.92 Å². The van der Waals surface area contributed by atoms with Crippen LogP contribution in [0, 0.1) is 5.92 Å². The van der Waals surface area contributed by atoms with Gasteiger partial charge < -0.3 is 15.0 Å². The van der Waals surface area contributed by atoms with Crippen LogP contribution in [0.4, 0.5) is 0 Å². The lowest BCUT2D eigenvalue weighted by Gasteiger charge is -2.24. The van der Waals surface area contributed by atoms with Crippen LogP contribution in [0.1, 0.15) is 38.5 Å². The number of nitrogens with zero attached hydrogens (tertiary/aromatic N) is 2. The van der Waals surface area contributed by atoms with Gasteiger partial charge in [-0.3, -0.25) is 14.6 Å². The van der Waals surface area contributed by atoms with Crippen LogP contribution in [-0.4, -0.2) is 47.4 Å². The van der Waals surface area contributed by atoms with Crippen molar-refractivity contribution in [3.63, 3.8) is 0 Å². The number of likely N-dealkylation sites (tertiary alicyclic amines) is 1. The summed E-state index contributed by atoms with van der Waals surface area (Å²) in [6.45, 7) is 0.457. The van der Waals surface area contributed by atoms with Crippen LogP contribution in [-0.2, 0) is 9.59 Å². The number of carbonyl (C=O) groups excluding carboxylic acids is 2. The van der Waals surface area contributed by atoms with E-state index in [9.17, 15) is 9.59 Å². The molecule has 2 atom stereocenters. The maximum absolute atomic E-state index is 12.7. The molecule has 2 amide bonds. The van der Waals surface area contributed by atoms with Crippen LogP contribution in [0.5, 0.6) is 5.75 Å². The number of pyridine rings is 1. The fraction of sp³-hybridized carbons (Fsp3) is 0.611. The van der Waals surface area contributed by atoms with Crippen molar-refractivity contribution in [1.82, 2.24) is 15.2 Å². The molecule has 130 valence electrons. The van der Waals surface area contributed by atoms with E-state index >= 15 is 0 Å². The van der Waals surface area contributed by atoms with Gasteiger partial charge in [0, 0.05) is 26.1 Å². The van der Waals surface area contributed by atoms with Crippen molar-refractivity contribution >= 4 is 11.8 Å². The predicted octanol–water partition coefficient (Wildman–Crippen LogP) is 1.76. The molecule has 1 aliphatic heterocycles. The van der Waals surface area contributed by atoms with Gasteiger partial charge in [-0.15, -0.1) is 0 Å². The van der Waals surface area contributed by atoms with Gasteiger partial charge in [0.15, 0.2) is 0 Å². The molecule has 24 heavy (non-hydrogen) atoms. The minimum atomic E-state index is -0.439. The first-order chi connectivity index (χ1) is 11.7. The van der Waals surface area contributed by atoms with E-state index in [4.69, 9.17) is 4.74 Å². The van der Waals surface area contributed by atoms with Gasteiger partial charge in [0.1, 0.15) is 17.9 Å². The average molecular weight is 331 g/mol. The topological polar surface area (TPSA) is 71.5 Å². The molecule has 0 unspecified atom stereocenters. The zero-order chi connectivity index (χ0) is 16.9. The molecule has 1 aromatic rings. The SMILES string of the molecule is CNC(=O)[C@@H]1C[C@H](Oc2cccnc2)CN1C(=O)CC1CCCC1. The number of likely N-dealkylation sites (N-methyl/N-ethyl adjacent to an activating group) is 1. The Labute approximate surface area is 142 Å². The largest absolute Gasteiger partial charge is 0.487 e. The Hall–Kier alpha value is -2.11. The fourth-order valence-corrected chi connectivity index (χ4v) is 3.76. The monoisotopic (exact) mass is 331 g/mol. The molecular weight excluding hydrogens is 306 g/mol. The van der Waals surface area contributed by atoms with E-state index in [0.29, 0.717) is 31.1 Å². The van der Waals surface area contributed by atoms with E-state index in [0.717, 1.165) is 12.8 Å². The Kier molecular flexibility index (Phi) is 5.33. The van der Waals surface area contributed by atoms with E-state index in [-0.39, 0.29) is 17.9 Å². The van der Waals surface area contributed by atoms with E-state index in [1.807, 2.05) is 12.1 Å². The molecule has 3 rings (SSSR count). The minimum absolute atomic E-state index is 0.0767. The molecule has 0 bridgehead atoms. The van der Waals surface area contributed by atoms with Gasteiger partial charge in [-0.25, -0.2) is 0 Å². The third-order valence-corrected chi connectivity index (χ3v) is 5.01. The summed E-state index contributed by atoms with van der Waals surface area (Å²) < 4.78 is 5.91. The highest BCUT2D eigenvalue weighted by atomic mass is 16.5. The summed E-state index contributed by atoms with van der Waals surface area (Å²) in [5.74, 6) is 1.10. The molecule has 1 N–H and O–H groups in total. The van der Waals surface area contributed by atoms with Crippen LogP contribution in [0.3, 0.4) is 0 Å². The van der Waals surface area contributed by atoms with Gasteiger partial charge >= 0.3 is 0 Å². The number of carbonyl (C=O) groups is 2. The smallest absolute Gasteiger partial charge is 0.242 e. The van der Waals surface area contributed by atoms with Crippen molar-refractivity contribution < 1.29 is 14.3 Å². The third kappa shape index (κ3) is 3.86. The lowest BCUT2D eigenvalue weighted by atomic mass is 10.0. The predicted molar refractivity (Wildman–Crippen MR) is 89.4 cm³/mol. The number of hydrogen-bond acceptors (Lipinski definition) is 4. The Bertz CT molecular complexity index is 572. The number of hydrogen-bond donors (Lipinski definition) is 1. The number of aromatic nitrogens is 1. The quantitative estimate of drug-likeness (QED) is 0.892. The molecule has 1 aromatic heterocycles. The summed E-state index contributed by atoms with van der Waals surface area (Å²) in [5.41, 5.74) is 0. The summed E-state index contributed by atoms with van der Waals surface area (Å²) in [5, 5.41) is 2.67. The van der Waals surface area contributed by atoms with Gasteiger partial charge in [-0.2, -0.15) is 0 Å². The van der Waals surface area contributed by atoms with Crippen LogP contribution >= 0.6 is 0 Å². The second kappa shape index (κ2) is 7.64. The molecule has 2 fully saturated rings. The molecule has 1 saturated heterocycles. The van der Waals surface area contributed by atoms with E-state index in [1.165, 1.54) is 12.8 Å². The first kappa shape index (κ1) is 16.7. The van der Waals surface area contributed by atoms with Crippen LogP contribution in [0.2, 0.25) is 0 Å². The summed E-state index contributed by atoms with van der Waals surface area (Å²) in [6, 6.07) is 3.21. The first-order valence-electron chi connectivity index (χ1n) is 8.75. The Morgan fingerprint density at radius 2 is 2.17 bits per heavy atom. The summed E-state index contributed by atoms with van der Waals surface area (Å²) >= 11 is 0. The van der Waals surface area contributed by atoms with E-state index in [2.05, 4.69) is 10.3 Å². The highest BCUT2D eigenvalue weighted by molar-refractivity contribution is 5.88. The Morgan fingerprint density at radius 1 is 1.38 bits per heavy atom. The lowest BCUT2D eigenvalue weighted by Crippen LogP contribution is -2.45. The van der Waals surface area contributed by atoms with Crippen molar-refractivity contribution in [2.45, 2.75) is 50.7 Å². The summed E-state index contributed by atoms with van der Waals surface area (Å²) in [4.78, 5) is 30.6. The number of rotatable bonds is 5. The molecule has 0 radical (unpaired) electrons. The fourth-order valence-electron chi connectivity index (χ4n) is 3.76. The van der Waals surface area contributed by atoms with Gasteiger partial charge in [0.25, 0.3) is 0 Å². The van der Waals surface area contributed by atoms with Crippen LogP contribution in [0.15, 0.2) is 24.5 Å². The van der Waals surface area contributed by atoms with Crippen molar-refractivity contribution in [3.8, 4) is 5.75 Å². The average Bonchev–Trinajstić information content (AvgIpc) is 3.25. The molecule has 6 heteroatoms. The Morgan fingerprint density at radius 3 is 2.83 bits per heavy atom. The molecule has 6 nitrogen and oxygen atoms in total. The number of amides is 2. The zero-order valence-corrected chi connectivity index (χ0v) is 14.1. The lowest BCUT2D eigenvalue weighted by molar-refractivity contribution is -0.139. The second-order valence-corrected chi connectivity index (χ2v) is 6.70. The third-order valence-electron chi connectivity index (χ3n) is 5.01.